The van der Waals surface area contributed by atoms with E-state index in [-0.39, 0.29) is 17.6 Å². The van der Waals surface area contributed by atoms with Gasteiger partial charge < -0.3 is 4.57 Å². The minimum atomic E-state index is -0.693. The number of hydrogen-bond donors (Lipinski definition) is 0. The summed E-state index contributed by atoms with van der Waals surface area (Å²) in [7, 11) is 3.08. The average molecular weight is 208 g/mol. The maximum atomic E-state index is 11.7. The van der Waals surface area contributed by atoms with Crippen LogP contribution < -0.4 is 11.2 Å². The number of aromatic nitrogens is 4. The van der Waals surface area contributed by atoms with E-state index in [1.165, 1.54) is 17.9 Å². The highest BCUT2D eigenvalue weighted by Gasteiger charge is 2.13. The summed E-state index contributed by atoms with van der Waals surface area (Å²) in [5, 5.41) is 0. The van der Waals surface area contributed by atoms with Gasteiger partial charge in [-0.05, 0) is 0 Å². The van der Waals surface area contributed by atoms with Crippen LogP contribution in [0, 0.1) is 0 Å². The molecule has 0 saturated heterocycles. The van der Waals surface area contributed by atoms with Crippen LogP contribution in [-0.2, 0) is 18.9 Å². The van der Waals surface area contributed by atoms with Gasteiger partial charge in [0.05, 0.1) is 6.33 Å². The third-order valence-electron chi connectivity index (χ3n) is 2.26. The third-order valence-corrected chi connectivity index (χ3v) is 2.26. The van der Waals surface area contributed by atoms with Crippen molar-refractivity contribution in [3.05, 3.63) is 27.2 Å². The lowest BCUT2D eigenvalue weighted by molar-refractivity contribution is 0.540. The monoisotopic (exact) mass is 208 g/mol. The first kappa shape index (κ1) is 9.38. The Morgan fingerprint density at radius 3 is 2.60 bits per heavy atom. The van der Waals surface area contributed by atoms with Crippen LogP contribution in [0.1, 0.15) is 0 Å². The van der Waals surface area contributed by atoms with Crippen LogP contribution >= 0.6 is 0 Å². The van der Waals surface area contributed by atoms with Gasteiger partial charge in [-0.15, -0.1) is 0 Å². The second-order valence-electron chi connectivity index (χ2n) is 3.15. The fourth-order valence-corrected chi connectivity index (χ4v) is 1.46. The fourth-order valence-electron chi connectivity index (χ4n) is 1.46. The molecule has 2 aromatic rings. The first-order valence-electron chi connectivity index (χ1n) is 4.15. The maximum absolute atomic E-state index is 11.7. The fraction of sp³-hybridized carbons (Fsp3) is 0.250. The Bertz CT molecular complexity index is 661. The third kappa shape index (κ3) is 1.06. The Labute approximate surface area is 83.2 Å². The van der Waals surface area contributed by atoms with E-state index in [1.807, 2.05) is 0 Å². The molecule has 78 valence electrons. The van der Waals surface area contributed by atoms with E-state index < -0.39 is 11.2 Å². The zero-order valence-electron chi connectivity index (χ0n) is 8.17. The molecule has 0 atom stereocenters. The van der Waals surface area contributed by atoms with Gasteiger partial charge in [0.1, 0.15) is 0 Å². The number of fused-ring (bicyclic) bond motifs is 1. The van der Waals surface area contributed by atoms with Gasteiger partial charge in [0.15, 0.2) is 11.2 Å². The standard InChI is InChI=1S/C8H8N4O3/c1-10-3-9-6-5(10)7(14)12(4-13)8(15)11(6)2/h3-4H,1-2H3. The first-order chi connectivity index (χ1) is 7.07. The van der Waals surface area contributed by atoms with E-state index in [2.05, 4.69) is 4.98 Å². The lowest BCUT2D eigenvalue weighted by Crippen LogP contribution is -2.39. The SMILES string of the molecule is Cn1cnc2c1c(=O)n(C=O)c(=O)n2C. The molecule has 0 bridgehead atoms. The molecule has 0 fully saturated rings. The first-order valence-corrected chi connectivity index (χ1v) is 4.15. The Morgan fingerprint density at radius 2 is 2.00 bits per heavy atom. The van der Waals surface area contributed by atoms with Crippen molar-refractivity contribution in [1.82, 2.24) is 18.7 Å². The lowest BCUT2D eigenvalue weighted by Gasteiger charge is -2.01. The molecule has 0 aromatic carbocycles. The summed E-state index contributed by atoms with van der Waals surface area (Å²) >= 11 is 0. The van der Waals surface area contributed by atoms with E-state index in [0.717, 1.165) is 4.57 Å². The van der Waals surface area contributed by atoms with Crippen molar-refractivity contribution in [2.75, 3.05) is 0 Å². The average Bonchev–Trinajstić information content (AvgIpc) is 2.58. The molecular formula is C8H8N4O3. The summed E-state index contributed by atoms with van der Waals surface area (Å²) in [5.41, 5.74) is -0.848. The molecule has 0 N–H and O–H groups in total. The Balaban J connectivity index is 3.20. The zero-order valence-corrected chi connectivity index (χ0v) is 8.17. The van der Waals surface area contributed by atoms with Crippen molar-refractivity contribution in [3.8, 4) is 0 Å². The summed E-state index contributed by atoms with van der Waals surface area (Å²) < 4.78 is 3.15. The van der Waals surface area contributed by atoms with Gasteiger partial charge >= 0.3 is 5.69 Å². The van der Waals surface area contributed by atoms with Crippen molar-refractivity contribution in [2.45, 2.75) is 0 Å². The maximum Gasteiger partial charge on any atom is 0.339 e. The minimum Gasteiger partial charge on any atom is -0.328 e. The molecule has 2 rings (SSSR count). The van der Waals surface area contributed by atoms with E-state index >= 15 is 0 Å². The van der Waals surface area contributed by atoms with Crippen LogP contribution in [0.2, 0.25) is 0 Å². The van der Waals surface area contributed by atoms with Gasteiger partial charge in [-0.3, -0.25) is 14.2 Å². The molecular weight excluding hydrogens is 200 g/mol. The van der Waals surface area contributed by atoms with E-state index in [4.69, 9.17) is 0 Å². The zero-order chi connectivity index (χ0) is 11.2. The predicted octanol–water partition coefficient (Wildman–Crippen LogP) is -1.53. The number of carbonyl (C=O) groups is 1. The van der Waals surface area contributed by atoms with Crippen molar-refractivity contribution in [1.29, 1.82) is 0 Å². The van der Waals surface area contributed by atoms with Crippen LogP contribution in [0.25, 0.3) is 11.2 Å². The normalized spacial score (nSPS) is 10.8. The number of aryl methyl sites for hydroxylation is 2. The highest BCUT2D eigenvalue weighted by molar-refractivity contribution is 5.71. The molecule has 2 aromatic heterocycles. The van der Waals surface area contributed by atoms with E-state index in [1.54, 1.807) is 7.05 Å². The topological polar surface area (TPSA) is 78.9 Å². The minimum absolute atomic E-state index is 0.205. The molecule has 2 heterocycles. The van der Waals surface area contributed by atoms with Gasteiger partial charge in [-0.2, -0.15) is 4.57 Å². The Kier molecular flexibility index (Phi) is 1.82. The quantitative estimate of drug-likeness (QED) is 0.533. The molecule has 0 amide bonds. The van der Waals surface area contributed by atoms with Gasteiger partial charge in [0, 0.05) is 14.1 Å². The summed E-state index contributed by atoms with van der Waals surface area (Å²) in [5.74, 6) is 0. The number of rotatable bonds is 1. The second-order valence-corrected chi connectivity index (χ2v) is 3.15. The highest BCUT2D eigenvalue weighted by atomic mass is 16.2. The molecule has 7 heteroatoms. The summed E-state index contributed by atoms with van der Waals surface area (Å²) in [6, 6.07) is 0. The highest BCUT2D eigenvalue weighted by Crippen LogP contribution is 2.01. The number of hydrogen-bond acceptors (Lipinski definition) is 4. The van der Waals surface area contributed by atoms with Gasteiger partial charge in [-0.1, -0.05) is 0 Å². The van der Waals surface area contributed by atoms with Crippen molar-refractivity contribution >= 4 is 17.6 Å². The van der Waals surface area contributed by atoms with Crippen molar-refractivity contribution < 1.29 is 4.79 Å². The Hall–Kier alpha value is -2.18. The molecule has 15 heavy (non-hydrogen) atoms. The lowest BCUT2D eigenvalue weighted by atomic mass is 10.5. The number of carbonyl (C=O) groups excluding carboxylic acids is 1. The molecule has 0 aliphatic carbocycles. The smallest absolute Gasteiger partial charge is 0.328 e. The second kappa shape index (κ2) is 2.91. The van der Waals surface area contributed by atoms with Crippen LogP contribution in [0.5, 0.6) is 0 Å². The van der Waals surface area contributed by atoms with Gasteiger partial charge in [0.2, 0.25) is 6.41 Å². The number of nitrogens with zero attached hydrogens (tertiary/aromatic N) is 4. The van der Waals surface area contributed by atoms with E-state index in [0.29, 0.717) is 4.57 Å². The summed E-state index contributed by atoms with van der Waals surface area (Å²) in [6.07, 6.45) is 1.62. The van der Waals surface area contributed by atoms with Gasteiger partial charge in [0.25, 0.3) is 5.56 Å². The number of imidazole rings is 1. The molecule has 0 aliphatic heterocycles. The van der Waals surface area contributed by atoms with Crippen molar-refractivity contribution in [3.63, 3.8) is 0 Å². The molecule has 7 nitrogen and oxygen atoms in total. The summed E-state index contributed by atoms with van der Waals surface area (Å²) in [6.45, 7) is 0. The Morgan fingerprint density at radius 1 is 1.33 bits per heavy atom. The van der Waals surface area contributed by atoms with Crippen molar-refractivity contribution in [2.24, 2.45) is 14.1 Å². The predicted molar refractivity (Wildman–Crippen MR) is 52.4 cm³/mol. The largest absolute Gasteiger partial charge is 0.339 e. The molecule has 0 spiro atoms. The molecule has 0 saturated carbocycles. The summed E-state index contributed by atoms with van der Waals surface area (Å²) in [4.78, 5) is 37.7. The van der Waals surface area contributed by atoms with E-state index in [9.17, 15) is 14.4 Å². The van der Waals surface area contributed by atoms with Gasteiger partial charge in [-0.25, -0.2) is 9.78 Å². The molecule has 0 unspecified atom stereocenters. The molecule has 0 aliphatic rings. The van der Waals surface area contributed by atoms with Crippen LogP contribution in [-0.4, -0.2) is 25.1 Å². The van der Waals surface area contributed by atoms with Crippen LogP contribution in [0.15, 0.2) is 15.9 Å². The van der Waals surface area contributed by atoms with Crippen LogP contribution in [0.4, 0.5) is 0 Å². The molecule has 0 radical (unpaired) electrons. The van der Waals surface area contributed by atoms with Crippen LogP contribution in [0.3, 0.4) is 0 Å².